The number of nitrogens with zero attached hydrogens (tertiary/aromatic N) is 2. The maximum Gasteiger partial charge on any atom is 0.387 e. The Morgan fingerprint density at radius 1 is 1.55 bits per heavy atom. The number of esters is 1. The Labute approximate surface area is 111 Å². The zero-order chi connectivity index (χ0) is 15.3. The predicted octanol–water partition coefficient (Wildman–Crippen LogP) is 2.24. The van der Waals surface area contributed by atoms with Crippen LogP contribution in [-0.2, 0) is 4.74 Å². The van der Waals surface area contributed by atoms with Gasteiger partial charge in [-0.25, -0.2) is 4.79 Å². The molecule has 0 heterocycles. The van der Waals surface area contributed by atoms with E-state index < -0.39 is 40.1 Å². The van der Waals surface area contributed by atoms with Crippen LogP contribution in [0.1, 0.15) is 22.8 Å². The Balaban J connectivity index is 3.43. The second-order valence-corrected chi connectivity index (χ2v) is 3.33. The molecule has 0 amide bonds. The summed E-state index contributed by atoms with van der Waals surface area (Å²) in [5.41, 5.74) is -1.68. The topological polar surface area (TPSA) is 102 Å². The van der Waals surface area contributed by atoms with E-state index in [1.54, 1.807) is 0 Å². The normalized spacial score (nSPS) is 9.95. The van der Waals surface area contributed by atoms with Gasteiger partial charge in [-0.1, -0.05) is 0 Å². The van der Waals surface area contributed by atoms with Crippen molar-refractivity contribution in [1.29, 1.82) is 5.26 Å². The number of alkyl halides is 2. The maximum absolute atomic E-state index is 12.3. The van der Waals surface area contributed by atoms with E-state index in [0.29, 0.717) is 6.07 Å². The van der Waals surface area contributed by atoms with E-state index in [4.69, 9.17) is 5.26 Å². The van der Waals surface area contributed by atoms with Gasteiger partial charge in [0.15, 0.2) is 0 Å². The first-order valence-electron chi connectivity index (χ1n) is 5.25. The molecule has 20 heavy (non-hydrogen) atoms. The highest BCUT2D eigenvalue weighted by Crippen LogP contribution is 2.30. The molecule has 9 heteroatoms. The molecule has 0 aliphatic rings. The van der Waals surface area contributed by atoms with Crippen LogP contribution in [-0.4, -0.2) is 24.1 Å². The van der Waals surface area contributed by atoms with Crippen LogP contribution in [0.25, 0.3) is 0 Å². The highest BCUT2D eigenvalue weighted by molar-refractivity contribution is 5.93. The van der Waals surface area contributed by atoms with Crippen molar-refractivity contribution in [2.24, 2.45) is 0 Å². The number of ether oxygens (including phenoxy) is 2. The van der Waals surface area contributed by atoms with Crippen LogP contribution in [0, 0.1) is 21.4 Å². The SMILES string of the molecule is CCOC(=O)c1cc(C#N)c([N+](=O)[O-])cc1OC(F)F. The van der Waals surface area contributed by atoms with E-state index in [1.807, 2.05) is 0 Å². The van der Waals surface area contributed by atoms with Crippen LogP contribution in [0.4, 0.5) is 14.5 Å². The van der Waals surface area contributed by atoms with Crippen molar-refractivity contribution in [2.45, 2.75) is 13.5 Å². The van der Waals surface area contributed by atoms with E-state index in [9.17, 15) is 23.7 Å². The van der Waals surface area contributed by atoms with Crippen molar-refractivity contribution in [3.63, 3.8) is 0 Å². The summed E-state index contributed by atoms with van der Waals surface area (Å²) < 4.78 is 33.2. The summed E-state index contributed by atoms with van der Waals surface area (Å²) in [5.74, 6) is -1.74. The lowest BCUT2D eigenvalue weighted by Crippen LogP contribution is -2.11. The molecule has 1 rings (SSSR count). The van der Waals surface area contributed by atoms with Gasteiger partial charge in [0.1, 0.15) is 22.9 Å². The fourth-order valence-corrected chi connectivity index (χ4v) is 1.37. The average Bonchev–Trinajstić information content (AvgIpc) is 2.37. The van der Waals surface area contributed by atoms with Crippen molar-refractivity contribution >= 4 is 11.7 Å². The molecule has 0 aliphatic carbocycles. The number of nitro benzene ring substituents is 1. The molecule has 0 spiro atoms. The van der Waals surface area contributed by atoms with Gasteiger partial charge in [-0.05, 0) is 13.0 Å². The largest absolute Gasteiger partial charge is 0.462 e. The minimum absolute atomic E-state index is 0.0359. The van der Waals surface area contributed by atoms with Crippen molar-refractivity contribution in [3.05, 3.63) is 33.4 Å². The Bertz CT molecular complexity index is 583. The molecule has 0 atom stereocenters. The van der Waals surface area contributed by atoms with Crippen molar-refractivity contribution in [2.75, 3.05) is 6.61 Å². The van der Waals surface area contributed by atoms with E-state index >= 15 is 0 Å². The molecule has 0 radical (unpaired) electrons. The van der Waals surface area contributed by atoms with Crippen LogP contribution in [0.5, 0.6) is 5.75 Å². The van der Waals surface area contributed by atoms with Crippen molar-refractivity contribution in [1.82, 2.24) is 0 Å². The lowest BCUT2D eigenvalue weighted by atomic mass is 10.1. The van der Waals surface area contributed by atoms with Gasteiger partial charge >= 0.3 is 12.6 Å². The van der Waals surface area contributed by atoms with Crippen LogP contribution < -0.4 is 4.74 Å². The molecule has 0 aromatic heterocycles. The first-order valence-corrected chi connectivity index (χ1v) is 5.25. The molecule has 0 saturated heterocycles. The number of benzene rings is 1. The Morgan fingerprint density at radius 3 is 2.65 bits per heavy atom. The Hall–Kier alpha value is -2.76. The fourth-order valence-electron chi connectivity index (χ4n) is 1.37. The lowest BCUT2D eigenvalue weighted by molar-refractivity contribution is -0.385. The number of carbonyl (C=O) groups is 1. The summed E-state index contributed by atoms with van der Waals surface area (Å²) in [7, 11) is 0. The molecular weight excluding hydrogens is 278 g/mol. The minimum Gasteiger partial charge on any atom is -0.462 e. The number of carbonyl (C=O) groups excluding carboxylic acids is 1. The smallest absolute Gasteiger partial charge is 0.387 e. The first-order chi connectivity index (χ1) is 9.40. The molecule has 0 bridgehead atoms. The summed E-state index contributed by atoms with van der Waals surface area (Å²) in [6.45, 7) is -1.83. The molecule has 7 nitrogen and oxygen atoms in total. The number of nitriles is 1. The first kappa shape index (κ1) is 15.3. The van der Waals surface area contributed by atoms with Gasteiger partial charge < -0.3 is 9.47 Å². The van der Waals surface area contributed by atoms with Crippen LogP contribution >= 0.6 is 0 Å². The van der Waals surface area contributed by atoms with Gasteiger partial charge in [-0.15, -0.1) is 0 Å². The number of hydrogen-bond acceptors (Lipinski definition) is 6. The molecule has 1 aromatic rings. The Kier molecular flexibility index (Phi) is 4.91. The number of nitro groups is 1. The van der Waals surface area contributed by atoms with Gasteiger partial charge in [0.05, 0.1) is 17.6 Å². The van der Waals surface area contributed by atoms with Crippen molar-refractivity contribution in [3.8, 4) is 11.8 Å². The summed E-state index contributed by atoms with van der Waals surface area (Å²) in [6.07, 6.45) is 0. The molecule has 0 N–H and O–H groups in total. The zero-order valence-electron chi connectivity index (χ0n) is 10.1. The predicted molar refractivity (Wildman–Crippen MR) is 60.4 cm³/mol. The molecule has 0 aliphatic heterocycles. The summed E-state index contributed by atoms with van der Waals surface area (Å²) in [5, 5.41) is 19.5. The molecular formula is C11H8F2N2O5. The van der Waals surface area contributed by atoms with E-state index in [-0.39, 0.29) is 6.61 Å². The third-order valence-corrected chi connectivity index (χ3v) is 2.13. The standard InChI is InChI=1S/C11H8F2N2O5/c1-2-19-10(16)7-3-6(5-14)8(15(17)18)4-9(7)20-11(12)13/h3-4,11H,2H2,1H3. The highest BCUT2D eigenvalue weighted by Gasteiger charge is 2.25. The quantitative estimate of drug-likeness (QED) is 0.467. The number of hydrogen-bond donors (Lipinski definition) is 0. The molecule has 106 valence electrons. The number of rotatable bonds is 5. The van der Waals surface area contributed by atoms with Crippen LogP contribution in [0.15, 0.2) is 12.1 Å². The van der Waals surface area contributed by atoms with Gasteiger partial charge in [0.2, 0.25) is 0 Å². The lowest BCUT2D eigenvalue weighted by Gasteiger charge is -2.10. The average molecular weight is 286 g/mol. The number of halogens is 2. The summed E-state index contributed by atoms with van der Waals surface area (Å²) >= 11 is 0. The minimum atomic E-state index is -3.28. The second-order valence-electron chi connectivity index (χ2n) is 3.33. The third-order valence-electron chi connectivity index (χ3n) is 2.13. The van der Waals surface area contributed by atoms with E-state index in [1.165, 1.54) is 13.0 Å². The molecule has 0 unspecified atom stereocenters. The zero-order valence-corrected chi connectivity index (χ0v) is 10.1. The van der Waals surface area contributed by atoms with Crippen molar-refractivity contribution < 1.29 is 28.0 Å². The summed E-state index contributed by atoms with van der Waals surface area (Å²) in [6, 6.07) is 2.88. The highest BCUT2D eigenvalue weighted by atomic mass is 19.3. The van der Waals surface area contributed by atoms with E-state index in [2.05, 4.69) is 9.47 Å². The van der Waals surface area contributed by atoms with Gasteiger partial charge in [0.25, 0.3) is 5.69 Å². The van der Waals surface area contributed by atoms with Gasteiger partial charge in [-0.3, -0.25) is 10.1 Å². The molecule has 1 aromatic carbocycles. The van der Waals surface area contributed by atoms with Crippen LogP contribution in [0.3, 0.4) is 0 Å². The molecule has 0 saturated carbocycles. The maximum atomic E-state index is 12.3. The van der Waals surface area contributed by atoms with E-state index in [0.717, 1.165) is 6.07 Å². The fraction of sp³-hybridized carbons (Fsp3) is 0.273. The molecule has 0 fully saturated rings. The van der Waals surface area contributed by atoms with Gasteiger partial charge in [0, 0.05) is 0 Å². The summed E-state index contributed by atoms with van der Waals surface area (Å²) in [4.78, 5) is 21.4. The van der Waals surface area contributed by atoms with Crippen LogP contribution in [0.2, 0.25) is 0 Å². The second kappa shape index (κ2) is 6.42. The van der Waals surface area contributed by atoms with Gasteiger partial charge in [-0.2, -0.15) is 14.0 Å². The Morgan fingerprint density at radius 2 is 2.20 bits per heavy atom. The third kappa shape index (κ3) is 3.38. The monoisotopic (exact) mass is 286 g/mol.